The van der Waals surface area contributed by atoms with Crippen molar-refractivity contribution in [3.05, 3.63) is 54.4 Å². The number of benzene rings is 1. The monoisotopic (exact) mass is 493 g/mol. The Morgan fingerprint density at radius 3 is 2.56 bits per heavy atom. The maximum absolute atomic E-state index is 12.4. The van der Waals surface area contributed by atoms with Gasteiger partial charge in [0.25, 0.3) is 5.91 Å². The number of anilines is 1. The molecule has 1 amide bonds. The standard InChI is InChI=1S/C22H31N5O6S/c1-4-5-14-34(30,31)26(3)21-8-6-19(7-9-21)22(29)23-15-20-16-27(25-24-20)10-11-32-12-13-33-17-18(2)28/h4,6-9,16H,1,5,10-15,17H2,2-3H3,(H,23,29). The molecule has 0 atom stereocenters. The van der Waals surface area contributed by atoms with Gasteiger partial charge in [-0.1, -0.05) is 11.3 Å². The first-order valence-electron chi connectivity index (χ1n) is 10.7. The Labute approximate surface area is 199 Å². The predicted molar refractivity (Wildman–Crippen MR) is 127 cm³/mol. The third-order valence-electron chi connectivity index (χ3n) is 4.65. The average Bonchev–Trinajstić information content (AvgIpc) is 3.27. The van der Waals surface area contributed by atoms with Gasteiger partial charge < -0.3 is 14.8 Å². The van der Waals surface area contributed by atoms with E-state index in [0.717, 1.165) is 0 Å². The molecule has 1 aromatic carbocycles. The number of nitrogens with one attached hydrogen (secondary N) is 1. The van der Waals surface area contributed by atoms with E-state index in [4.69, 9.17) is 9.47 Å². The molecule has 0 spiro atoms. The first-order chi connectivity index (χ1) is 16.2. The van der Waals surface area contributed by atoms with Gasteiger partial charge in [-0.3, -0.25) is 13.9 Å². The molecule has 186 valence electrons. The van der Waals surface area contributed by atoms with E-state index >= 15 is 0 Å². The molecule has 1 heterocycles. The molecule has 2 aromatic rings. The Balaban J connectivity index is 1.76. The number of aromatic nitrogens is 3. The Morgan fingerprint density at radius 2 is 1.88 bits per heavy atom. The van der Waals surface area contributed by atoms with Crippen molar-refractivity contribution in [3.8, 4) is 0 Å². The maximum Gasteiger partial charge on any atom is 0.251 e. The largest absolute Gasteiger partial charge is 0.377 e. The number of allylic oxidation sites excluding steroid dienone is 1. The van der Waals surface area contributed by atoms with Crippen molar-refractivity contribution in [1.29, 1.82) is 0 Å². The van der Waals surface area contributed by atoms with Crippen molar-refractivity contribution < 1.29 is 27.5 Å². The smallest absolute Gasteiger partial charge is 0.251 e. The molecule has 12 heteroatoms. The van der Waals surface area contributed by atoms with Crippen LogP contribution in [-0.2, 0) is 37.4 Å². The predicted octanol–water partition coefficient (Wildman–Crippen LogP) is 1.17. The molecule has 34 heavy (non-hydrogen) atoms. The molecule has 2 rings (SSSR count). The van der Waals surface area contributed by atoms with Crippen LogP contribution in [0.5, 0.6) is 0 Å². The molecule has 1 aromatic heterocycles. The quantitative estimate of drug-likeness (QED) is 0.272. The number of carbonyl (C=O) groups is 2. The third-order valence-corrected chi connectivity index (χ3v) is 6.45. The van der Waals surface area contributed by atoms with E-state index < -0.39 is 10.0 Å². The Hall–Kier alpha value is -3.09. The highest BCUT2D eigenvalue weighted by Gasteiger charge is 2.18. The zero-order valence-corrected chi connectivity index (χ0v) is 20.3. The van der Waals surface area contributed by atoms with Crippen LogP contribution in [0.25, 0.3) is 0 Å². The first kappa shape index (κ1) is 27.2. The molecule has 0 radical (unpaired) electrons. The Morgan fingerprint density at radius 1 is 1.18 bits per heavy atom. The number of nitrogens with zero attached hydrogens (tertiary/aromatic N) is 4. The summed E-state index contributed by atoms with van der Waals surface area (Å²) in [4.78, 5) is 23.2. The van der Waals surface area contributed by atoms with Gasteiger partial charge in [-0.2, -0.15) is 0 Å². The molecular formula is C22H31N5O6S. The number of sulfonamides is 1. The number of hydrogen-bond acceptors (Lipinski definition) is 8. The lowest BCUT2D eigenvalue weighted by atomic mass is 10.2. The lowest BCUT2D eigenvalue weighted by Crippen LogP contribution is -2.29. The third kappa shape index (κ3) is 9.04. The zero-order chi connectivity index (χ0) is 25.0. The van der Waals surface area contributed by atoms with Gasteiger partial charge in [0.2, 0.25) is 10.0 Å². The number of amides is 1. The minimum atomic E-state index is -3.45. The average molecular weight is 494 g/mol. The summed E-state index contributed by atoms with van der Waals surface area (Å²) in [5.41, 5.74) is 1.45. The summed E-state index contributed by atoms with van der Waals surface area (Å²) in [5, 5.41) is 10.8. The van der Waals surface area contributed by atoms with Crippen LogP contribution in [0.15, 0.2) is 43.1 Å². The molecule has 0 bridgehead atoms. The van der Waals surface area contributed by atoms with Crippen LogP contribution in [0.3, 0.4) is 0 Å². The molecular weight excluding hydrogens is 462 g/mol. The van der Waals surface area contributed by atoms with Gasteiger partial charge in [-0.25, -0.2) is 13.1 Å². The molecule has 11 nitrogen and oxygen atoms in total. The highest BCUT2D eigenvalue weighted by Crippen LogP contribution is 2.18. The van der Waals surface area contributed by atoms with Gasteiger partial charge in [-0.05, 0) is 37.6 Å². The summed E-state index contributed by atoms with van der Waals surface area (Å²) in [6.07, 6.45) is 3.63. The minimum absolute atomic E-state index is 0.0302. The first-order valence-corrected chi connectivity index (χ1v) is 12.3. The zero-order valence-electron chi connectivity index (χ0n) is 19.5. The fourth-order valence-electron chi connectivity index (χ4n) is 2.75. The molecule has 0 aliphatic rings. The van der Waals surface area contributed by atoms with Crippen LogP contribution >= 0.6 is 0 Å². The van der Waals surface area contributed by atoms with Crippen molar-refractivity contribution in [2.24, 2.45) is 0 Å². The van der Waals surface area contributed by atoms with Gasteiger partial charge in [0.05, 0.1) is 50.5 Å². The van der Waals surface area contributed by atoms with Crippen LogP contribution in [0.4, 0.5) is 5.69 Å². The second-order valence-electron chi connectivity index (χ2n) is 7.43. The maximum atomic E-state index is 12.4. The lowest BCUT2D eigenvalue weighted by Gasteiger charge is -2.19. The van der Waals surface area contributed by atoms with Crippen LogP contribution in [0, 0.1) is 0 Å². The van der Waals surface area contributed by atoms with Crippen molar-refractivity contribution >= 4 is 27.4 Å². The summed E-state index contributed by atoms with van der Waals surface area (Å²) in [7, 11) is -1.98. The van der Waals surface area contributed by atoms with Gasteiger partial charge in [0.15, 0.2) is 5.78 Å². The molecule has 0 fully saturated rings. The lowest BCUT2D eigenvalue weighted by molar-refractivity contribution is -0.121. The van der Waals surface area contributed by atoms with Crippen LogP contribution in [-0.4, -0.2) is 74.3 Å². The van der Waals surface area contributed by atoms with E-state index in [9.17, 15) is 18.0 Å². The summed E-state index contributed by atoms with van der Waals surface area (Å²) >= 11 is 0. The van der Waals surface area contributed by atoms with E-state index in [2.05, 4.69) is 22.2 Å². The molecule has 0 aliphatic heterocycles. The molecule has 0 saturated carbocycles. The summed E-state index contributed by atoms with van der Waals surface area (Å²) in [5.74, 6) is -0.373. The molecule has 0 saturated heterocycles. The van der Waals surface area contributed by atoms with Crippen molar-refractivity contribution in [1.82, 2.24) is 20.3 Å². The van der Waals surface area contributed by atoms with E-state index in [1.165, 1.54) is 18.3 Å². The second-order valence-corrected chi connectivity index (χ2v) is 9.55. The SMILES string of the molecule is C=CCCS(=O)(=O)N(C)c1ccc(C(=O)NCc2cn(CCOCCOCC(C)=O)nn2)cc1. The van der Waals surface area contributed by atoms with Crippen molar-refractivity contribution in [2.75, 3.05) is 43.5 Å². The number of ketones is 1. The minimum Gasteiger partial charge on any atom is -0.377 e. The number of Topliss-reactive ketones (excluding diaryl/α,β-unsaturated/α-hetero) is 1. The Kier molecular flexibility index (Phi) is 10.8. The van der Waals surface area contributed by atoms with Crippen molar-refractivity contribution in [2.45, 2.75) is 26.4 Å². The highest BCUT2D eigenvalue weighted by atomic mass is 32.2. The van der Waals surface area contributed by atoms with E-state index in [0.29, 0.717) is 49.7 Å². The summed E-state index contributed by atoms with van der Waals surface area (Å²) in [6, 6.07) is 6.31. The van der Waals surface area contributed by atoms with Gasteiger partial charge in [0.1, 0.15) is 12.3 Å². The fraction of sp³-hybridized carbons (Fsp3) is 0.455. The van der Waals surface area contributed by atoms with Crippen LogP contribution in [0.1, 0.15) is 29.4 Å². The van der Waals surface area contributed by atoms with E-state index in [-0.39, 0.29) is 30.6 Å². The van der Waals surface area contributed by atoms with Gasteiger partial charge >= 0.3 is 0 Å². The second kappa shape index (κ2) is 13.6. The molecule has 1 N–H and O–H groups in total. The number of hydrogen-bond donors (Lipinski definition) is 1. The van der Waals surface area contributed by atoms with E-state index in [1.54, 1.807) is 41.2 Å². The number of rotatable bonds is 16. The van der Waals surface area contributed by atoms with Crippen molar-refractivity contribution in [3.63, 3.8) is 0 Å². The van der Waals surface area contributed by atoms with Gasteiger partial charge in [-0.15, -0.1) is 11.7 Å². The summed E-state index contributed by atoms with van der Waals surface area (Å²) in [6.45, 7) is 6.89. The molecule has 0 unspecified atom stereocenters. The Bertz CT molecular complexity index is 1050. The number of carbonyl (C=O) groups excluding carboxylic acids is 2. The van der Waals surface area contributed by atoms with Crippen LogP contribution < -0.4 is 9.62 Å². The van der Waals surface area contributed by atoms with E-state index in [1.807, 2.05) is 0 Å². The van der Waals surface area contributed by atoms with Crippen LogP contribution in [0.2, 0.25) is 0 Å². The molecule has 0 aliphatic carbocycles. The number of ether oxygens (including phenoxy) is 2. The fourth-order valence-corrected chi connectivity index (χ4v) is 3.93. The summed E-state index contributed by atoms with van der Waals surface area (Å²) < 4.78 is 37.9. The normalized spacial score (nSPS) is 11.2. The topological polar surface area (TPSA) is 133 Å². The van der Waals surface area contributed by atoms with Gasteiger partial charge in [0, 0.05) is 12.6 Å². The highest BCUT2D eigenvalue weighted by molar-refractivity contribution is 7.92.